The van der Waals surface area contributed by atoms with Crippen molar-refractivity contribution in [2.75, 3.05) is 0 Å². The largest absolute Gasteiger partial charge is 0.469 e. The van der Waals surface area contributed by atoms with Gasteiger partial charge in [0, 0.05) is 0 Å². The minimum atomic E-state index is -5.13. The van der Waals surface area contributed by atoms with Gasteiger partial charge in [-0.25, -0.2) is 0 Å². The van der Waals surface area contributed by atoms with Gasteiger partial charge in [-0.15, -0.1) is 0 Å². The van der Waals surface area contributed by atoms with Crippen LogP contribution in [0.5, 0.6) is 0 Å². The highest BCUT2D eigenvalue weighted by atomic mass is 32.2. The van der Waals surface area contributed by atoms with Crippen molar-refractivity contribution in [2.24, 2.45) is 0 Å². The highest BCUT2D eigenvalue weighted by molar-refractivity contribution is 7.87. The fourth-order valence-corrected chi connectivity index (χ4v) is 1.79. The summed E-state index contributed by atoms with van der Waals surface area (Å²) in [7, 11) is -4.60. The van der Waals surface area contributed by atoms with Crippen molar-refractivity contribution in [3.63, 3.8) is 0 Å². The van der Waals surface area contributed by atoms with E-state index in [1.54, 1.807) is 6.92 Å². The topological polar surface area (TPSA) is 67.2 Å². The van der Waals surface area contributed by atoms with Gasteiger partial charge in [-0.3, -0.25) is 5.41 Å². The maximum atomic E-state index is 11.9. The van der Waals surface area contributed by atoms with E-state index in [2.05, 4.69) is 4.18 Å². The Kier molecular flexibility index (Phi) is 3.46. The van der Waals surface area contributed by atoms with Gasteiger partial charge in [-0.05, 0) is 19.1 Å². The Balaban J connectivity index is 2.98. The van der Waals surface area contributed by atoms with Crippen LogP contribution in [0.3, 0.4) is 0 Å². The molecule has 1 N–H and O–H groups in total. The van der Waals surface area contributed by atoms with Crippen LogP contribution >= 0.6 is 0 Å². The lowest BCUT2D eigenvalue weighted by Crippen LogP contribution is -2.27. The molecule has 0 amide bonds. The summed E-state index contributed by atoms with van der Waals surface area (Å²) in [4.78, 5) is -0.433. The maximum Gasteiger partial charge on any atom is 0.469 e. The SMILES string of the molecule is Cc1ccc(S(=O)(=O)OC(=N)C(F)(F)F)cc1. The van der Waals surface area contributed by atoms with Crippen LogP contribution in [0.2, 0.25) is 0 Å². The van der Waals surface area contributed by atoms with E-state index in [9.17, 15) is 21.6 Å². The quantitative estimate of drug-likeness (QED) is 0.507. The van der Waals surface area contributed by atoms with Gasteiger partial charge in [0.05, 0.1) is 0 Å². The summed E-state index contributed by atoms with van der Waals surface area (Å²) < 4.78 is 62.2. The molecule has 0 aromatic heterocycles. The van der Waals surface area contributed by atoms with Gasteiger partial charge in [0.25, 0.3) is 0 Å². The third-order valence-electron chi connectivity index (χ3n) is 1.76. The number of hydrogen-bond donors (Lipinski definition) is 1. The van der Waals surface area contributed by atoms with Crippen LogP contribution in [0.15, 0.2) is 29.2 Å². The Hall–Kier alpha value is -1.57. The number of aryl methyl sites for hydroxylation is 1. The molecular formula is C9H8F3NO3S. The normalized spacial score (nSPS) is 12.2. The molecule has 1 aromatic rings. The molecule has 1 aromatic carbocycles. The molecule has 0 aliphatic carbocycles. The summed E-state index contributed by atoms with van der Waals surface area (Å²) in [6.45, 7) is 1.69. The van der Waals surface area contributed by atoms with Gasteiger partial charge < -0.3 is 4.18 Å². The first-order chi connectivity index (χ1) is 7.63. The lowest BCUT2D eigenvalue weighted by molar-refractivity contribution is -0.0716. The number of benzene rings is 1. The van der Waals surface area contributed by atoms with Crippen molar-refractivity contribution in [1.29, 1.82) is 5.41 Å². The van der Waals surface area contributed by atoms with Crippen molar-refractivity contribution in [3.8, 4) is 0 Å². The average molecular weight is 267 g/mol. The van der Waals surface area contributed by atoms with E-state index in [1.807, 2.05) is 0 Å². The molecule has 0 bridgehead atoms. The molecule has 0 atom stereocenters. The molecular weight excluding hydrogens is 259 g/mol. The third-order valence-corrected chi connectivity index (χ3v) is 3.00. The summed E-state index contributed by atoms with van der Waals surface area (Å²) in [5.74, 6) is -2.27. The summed E-state index contributed by atoms with van der Waals surface area (Å²) in [5, 5.41) is 6.46. The zero-order valence-corrected chi connectivity index (χ0v) is 9.39. The molecule has 0 unspecified atom stereocenters. The van der Waals surface area contributed by atoms with E-state index in [-0.39, 0.29) is 0 Å². The van der Waals surface area contributed by atoms with Crippen LogP contribution in [0.4, 0.5) is 13.2 Å². The smallest absolute Gasteiger partial charge is 0.353 e. The van der Waals surface area contributed by atoms with Gasteiger partial charge in [0.1, 0.15) is 4.90 Å². The van der Waals surface area contributed by atoms with E-state index >= 15 is 0 Å². The molecule has 0 radical (unpaired) electrons. The number of hydrogen-bond acceptors (Lipinski definition) is 4. The first-order valence-electron chi connectivity index (χ1n) is 4.30. The van der Waals surface area contributed by atoms with Crippen molar-refractivity contribution in [3.05, 3.63) is 29.8 Å². The van der Waals surface area contributed by atoms with E-state index in [0.29, 0.717) is 0 Å². The second-order valence-corrected chi connectivity index (χ2v) is 4.72. The molecule has 0 spiro atoms. The first kappa shape index (κ1) is 13.5. The molecule has 17 heavy (non-hydrogen) atoms. The lowest BCUT2D eigenvalue weighted by Gasteiger charge is -2.09. The highest BCUT2D eigenvalue weighted by Gasteiger charge is 2.40. The summed E-state index contributed by atoms with van der Waals surface area (Å²) in [6, 6.07) is 5.03. The molecule has 0 saturated carbocycles. The molecule has 0 aliphatic heterocycles. The second kappa shape index (κ2) is 4.36. The van der Waals surface area contributed by atoms with Crippen LogP contribution in [0, 0.1) is 12.3 Å². The van der Waals surface area contributed by atoms with Crippen LogP contribution in [-0.4, -0.2) is 20.5 Å². The van der Waals surface area contributed by atoms with E-state index < -0.39 is 27.1 Å². The summed E-state index contributed by atoms with van der Waals surface area (Å²) >= 11 is 0. The van der Waals surface area contributed by atoms with Crippen molar-refractivity contribution in [1.82, 2.24) is 0 Å². The minimum Gasteiger partial charge on any atom is -0.353 e. The summed E-state index contributed by atoms with van der Waals surface area (Å²) in [5.41, 5.74) is 0.745. The van der Waals surface area contributed by atoms with Crippen molar-refractivity contribution >= 4 is 16.0 Å². The Morgan fingerprint density at radius 1 is 1.24 bits per heavy atom. The molecule has 0 aliphatic rings. The molecule has 0 fully saturated rings. The summed E-state index contributed by atoms with van der Waals surface area (Å²) in [6.07, 6.45) is -5.13. The highest BCUT2D eigenvalue weighted by Crippen LogP contribution is 2.21. The molecule has 94 valence electrons. The predicted octanol–water partition coefficient (Wildman–Crippen LogP) is 2.24. The number of rotatable bonds is 2. The Bertz CT molecular complexity index is 519. The average Bonchev–Trinajstić information content (AvgIpc) is 2.16. The van der Waals surface area contributed by atoms with E-state index in [1.165, 1.54) is 12.1 Å². The first-order valence-corrected chi connectivity index (χ1v) is 5.70. The van der Waals surface area contributed by atoms with Crippen LogP contribution in [0.25, 0.3) is 0 Å². The van der Waals surface area contributed by atoms with Gasteiger partial charge in [-0.1, -0.05) is 17.7 Å². The van der Waals surface area contributed by atoms with Crippen LogP contribution in [0.1, 0.15) is 5.56 Å². The molecule has 4 nitrogen and oxygen atoms in total. The monoisotopic (exact) mass is 267 g/mol. The molecule has 8 heteroatoms. The fourth-order valence-electron chi connectivity index (χ4n) is 0.910. The van der Waals surface area contributed by atoms with Gasteiger partial charge in [0.15, 0.2) is 0 Å². The Labute approximate surface area is 95.7 Å². The molecule has 1 rings (SSSR count). The van der Waals surface area contributed by atoms with Crippen LogP contribution < -0.4 is 0 Å². The fraction of sp³-hybridized carbons (Fsp3) is 0.222. The number of alkyl halides is 3. The van der Waals surface area contributed by atoms with E-state index in [4.69, 9.17) is 5.41 Å². The van der Waals surface area contributed by atoms with Gasteiger partial charge in [-0.2, -0.15) is 21.6 Å². The zero-order chi connectivity index (χ0) is 13.3. The lowest BCUT2D eigenvalue weighted by atomic mass is 10.2. The standard InChI is InChI=1S/C9H8F3NO3S/c1-6-2-4-7(5-3-6)17(14,15)16-8(13)9(10,11)12/h2-5,13H,1H3. The van der Waals surface area contributed by atoms with Crippen LogP contribution in [-0.2, 0) is 14.3 Å². The zero-order valence-electron chi connectivity index (χ0n) is 8.58. The van der Waals surface area contributed by atoms with Crippen molar-refractivity contribution in [2.45, 2.75) is 18.0 Å². The van der Waals surface area contributed by atoms with E-state index in [0.717, 1.165) is 17.7 Å². The number of nitrogens with one attached hydrogen (secondary N) is 1. The Morgan fingerprint density at radius 2 is 1.71 bits per heavy atom. The van der Waals surface area contributed by atoms with Gasteiger partial charge >= 0.3 is 22.2 Å². The minimum absolute atomic E-state index is 0.433. The second-order valence-electron chi connectivity index (χ2n) is 3.18. The van der Waals surface area contributed by atoms with Crippen molar-refractivity contribution < 1.29 is 25.8 Å². The van der Waals surface area contributed by atoms with Gasteiger partial charge in [0.2, 0.25) is 0 Å². The maximum absolute atomic E-state index is 11.9. The predicted molar refractivity (Wildman–Crippen MR) is 53.2 cm³/mol. The molecule has 0 saturated heterocycles. The number of halogens is 3. The molecule has 0 heterocycles. The third kappa shape index (κ3) is 3.45. The Morgan fingerprint density at radius 3 is 2.12 bits per heavy atom.